The first kappa shape index (κ1) is 16.9. The van der Waals surface area contributed by atoms with Gasteiger partial charge in [-0.2, -0.15) is 0 Å². The highest BCUT2D eigenvalue weighted by Gasteiger charge is 2.20. The number of thioether (sulfide) groups is 1. The van der Waals surface area contributed by atoms with Crippen LogP contribution in [0.4, 0.5) is 0 Å². The second kappa shape index (κ2) is 8.18. The smallest absolute Gasteiger partial charge is 0.312 e. The van der Waals surface area contributed by atoms with Crippen LogP contribution >= 0.6 is 39.3 Å². The van der Waals surface area contributed by atoms with Crippen LogP contribution in [-0.2, 0) is 9.53 Å². The molecule has 0 heterocycles. The number of methoxy groups -OCH3 is 1. The Morgan fingerprint density at radius 2 is 2.21 bits per heavy atom. The van der Waals surface area contributed by atoms with Crippen LogP contribution in [0.1, 0.15) is 30.4 Å². The number of halogens is 2. The highest BCUT2D eigenvalue weighted by atomic mass is 79.9. The highest BCUT2D eigenvalue weighted by Crippen LogP contribution is 2.35. The van der Waals surface area contributed by atoms with Crippen molar-refractivity contribution < 1.29 is 9.53 Å². The average molecular weight is 366 g/mol. The first-order valence-corrected chi connectivity index (χ1v) is 8.57. The number of ether oxygens (including phenoxy) is 1. The van der Waals surface area contributed by atoms with Crippen molar-refractivity contribution in [3.05, 3.63) is 28.3 Å². The summed E-state index contributed by atoms with van der Waals surface area (Å²) in [5.74, 6) is 0.499. The lowest BCUT2D eigenvalue weighted by molar-refractivity contribution is -0.142. The van der Waals surface area contributed by atoms with Gasteiger partial charge in [0.25, 0.3) is 0 Å². The maximum Gasteiger partial charge on any atom is 0.312 e. The van der Waals surface area contributed by atoms with Crippen LogP contribution in [0.2, 0.25) is 5.02 Å². The van der Waals surface area contributed by atoms with E-state index >= 15 is 0 Å². The Labute approximate surface area is 132 Å². The molecule has 0 radical (unpaired) electrons. The monoisotopic (exact) mass is 364 g/mol. The molecule has 1 aromatic rings. The van der Waals surface area contributed by atoms with E-state index in [2.05, 4.69) is 15.9 Å². The number of hydrogen-bond donors (Lipinski definition) is 0. The lowest BCUT2D eigenvalue weighted by Gasteiger charge is -2.15. The molecule has 0 aromatic heterocycles. The molecule has 1 atom stereocenters. The van der Waals surface area contributed by atoms with Gasteiger partial charge in [-0.1, -0.05) is 33.6 Å². The molecule has 0 bridgehead atoms. The van der Waals surface area contributed by atoms with Crippen molar-refractivity contribution in [2.45, 2.75) is 31.1 Å². The number of rotatable bonds is 6. The fourth-order valence-corrected chi connectivity index (χ4v) is 3.74. The molecule has 0 aliphatic heterocycles. The molecule has 2 nitrogen and oxygen atoms in total. The van der Waals surface area contributed by atoms with E-state index in [4.69, 9.17) is 16.3 Å². The first-order chi connectivity index (χ1) is 9.02. The van der Waals surface area contributed by atoms with Crippen molar-refractivity contribution in [3.8, 4) is 0 Å². The third kappa shape index (κ3) is 4.40. The van der Waals surface area contributed by atoms with Crippen LogP contribution in [0.25, 0.3) is 0 Å². The first-order valence-electron chi connectivity index (χ1n) is 6.08. The molecule has 0 N–H and O–H groups in total. The fourth-order valence-electron chi connectivity index (χ4n) is 1.80. The summed E-state index contributed by atoms with van der Waals surface area (Å²) >= 11 is 11.5. The van der Waals surface area contributed by atoms with E-state index in [0.717, 1.165) is 38.5 Å². The number of esters is 1. The van der Waals surface area contributed by atoms with E-state index < -0.39 is 0 Å². The minimum Gasteiger partial charge on any atom is -0.469 e. The molecular formula is C14H18BrClO2S. The quantitative estimate of drug-likeness (QED) is 0.313. The van der Waals surface area contributed by atoms with Crippen molar-refractivity contribution in [1.82, 2.24) is 0 Å². The average Bonchev–Trinajstić information content (AvgIpc) is 2.42. The third-order valence-corrected chi connectivity index (χ3v) is 5.25. The van der Waals surface area contributed by atoms with Gasteiger partial charge in [-0.15, -0.1) is 11.8 Å². The topological polar surface area (TPSA) is 26.3 Å². The number of hydrogen-bond acceptors (Lipinski definition) is 3. The number of carbonyl (C=O) groups is 1. The largest absolute Gasteiger partial charge is 0.469 e. The molecular weight excluding hydrogens is 348 g/mol. The Morgan fingerprint density at radius 1 is 1.53 bits per heavy atom. The summed E-state index contributed by atoms with van der Waals surface area (Å²) in [6, 6.07) is 3.96. The summed E-state index contributed by atoms with van der Waals surface area (Å²) in [4.78, 5) is 12.7. The van der Waals surface area contributed by atoms with Gasteiger partial charge in [0, 0.05) is 10.2 Å². The molecule has 5 heteroatoms. The Bertz CT molecular complexity index is 451. The molecule has 106 valence electrons. The second-order valence-electron chi connectivity index (χ2n) is 4.23. The van der Waals surface area contributed by atoms with E-state index in [0.29, 0.717) is 0 Å². The van der Waals surface area contributed by atoms with Gasteiger partial charge in [0.05, 0.1) is 18.1 Å². The van der Waals surface area contributed by atoms with Gasteiger partial charge in [-0.3, -0.25) is 4.79 Å². The SMILES string of the molecule is COC(=O)C(C)c1ccc(SCCCBr)c(Cl)c1C. The summed E-state index contributed by atoms with van der Waals surface area (Å²) in [6.45, 7) is 3.79. The van der Waals surface area contributed by atoms with Crippen LogP contribution in [0, 0.1) is 6.92 Å². The second-order valence-corrected chi connectivity index (χ2v) is 6.54. The zero-order valence-electron chi connectivity index (χ0n) is 11.3. The van der Waals surface area contributed by atoms with E-state index in [1.165, 1.54) is 7.11 Å². The molecule has 19 heavy (non-hydrogen) atoms. The van der Waals surface area contributed by atoms with Crippen molar-refractivity contribution in [3.63, 3.8) is 0 Å². The Hall–Kier alpha value is -0.190. The van der Waals surface area contributed by atoms with Gasteiger partial charge in [-0.05, 0) is 43.2 Å². The molecule has 0 aliphatic rings. The highest BCUT2D eigenvalue weighted by molar-refractivity contribution is 9.09. The Balaban J connectivity index is 2.94. The molecule has 1 rings (SSSR count). The molecule has 0 saturated carbocycles. The van der Waals surface area contributed by atoms with Crippen molar-refractivity contribution in [2.24, 2.45) is 0 Å². The van der Waals surface area contributed by atoms with Gasteiger partial charge in [0.1, 0.15) is 0 Å². The van der Waals surface area contributed by atoms with Crippen molar-refractivity contribution in [2.75, 3.05) is 18.2 Å². The molecule has 0 spiro atoms. The standard InChI is InChI=1S/C14H18BrClO2S/c1-9-11(10(2)14(17)18-3)5-6-12(13(9)16)19-8-4-7-15/h5-6,10H,4,7-8H2,1-3H3. The fraction of sp³-hybridized carbons (Fsp3) is 0.500. The van der Waals surface area contributed by atoms with Gasteiger partial charge < -0.3 is 4.74 Å². The zero-order valence-corrected chi connectivity index (χ0v) is 14.5. The summed E-state index contributed by atoms with van der Waals surface area (Å²) in [5.41, 5.74) is 1.89. The molecule has 0 fully saturated rings. The number of alkyl halides is 1. The number of benzene rings is 1. The maximum atomic E-state index is 11.6. The van der Waals surface area contributed by atoms with Gasteiger partial charge in [0.2, 0.25) is 0 Å². The third-order valence-electron chi connectivity index (χ3n) is 2.95. The minimum absolute atomic E-state index is 0.237. The predicted molar refractivity (Wildman–Crippen MR) is 85.8 cm³/mol. The Morgan fingerprint density at radius 3 is 2.79 bits per heavy atom. The Kier molecular flexibility index (Phi) is 7.26. The maximum absolute atomic E-state index is 11.6. The van der Waals surface area contributed by atoms with E-state index in [9.17, 15) is 4.79 Å². The lowest BCUT2D eigenvalue weighted by Crippen LogP contribution is -2.12. The van der Waals surface area contributed by atoms with Crippen molar-refractivity contribution >= 4 is 45.3 Å². The van der Waals surface area contributed by atoms with Crippen molar-refractivity contribution in [1.29, 1.82) is 0 Å². The summed E-state index contributed by atoms with van der Waals surface area (Å²) in [6.07, 6.45) is 1.10. The molecule has 1 unspecified atom stereocenters. The molecule has 0 saturated heterocycles. The summed E-state index contributed by atoms with van der Waals surface area (Å²) in [5, 5.41) is 1.74. The molecule has 0 amide bonds. The molecule has 1 aromatic carbocycles. The summed E-state index contributed by atoms with van der Waals surface area (Å²) in [7, 11) is 1.40. The van der Waals surface area contributed by atoms with Crippen LogP contribution in [-0.4, -0.2) is 24.2 Å². The molecule has 0 aliphatic carbocycles. The van der Waals surface area contributed by atoms with Crippen LogP contribution < -0.4 is 0 Å². The van der Waals surface area contributed by atoms with Crippen LogP contribution in [0.3, 0.4) is 0 Å². The lowest BCUT2D eigenvalue weighted by atomic mass is 9.96. The predicted octanol–water partition coefficient (Wildman–Crippen LogP) is 4.80. The normalized spacial score (nSPS) is 12.3. The van der Waals surface area contributed by atoms with Crippen LogP contribution in [0.15, 0.2) is 17.0 Å². The summed E-state index contributed by atoms with van der Waals surface area (Å²) < 4.78 is 4.78. The van der Waals surface area contributed by atoms with E-state index in [-0.39, 0.29) is 11.9 Å². The van der Waals surface area contributed by atoms with Crippen LogP contribution in [0.5, 0.6) is 0 Å². The van der Waals surface area contributed by atoms with E-state index in [1.807, 2.05) is 26.0 Å². The van der Waals surface area contributed by atoms with Gasteiger partial charge in [-0.25, -0.2) is 0 Å². The van der Waals surface area contributed by atoms with Gasteiger partial charge in [0.15, 0.2) is 0 Å². The zero-order chi connectivity index (χ0) is 14.4. The minimum atomic E-state index is -0.288. The van der Waals surface area contributed by atoms with E-state index in [1.54, 1.807) is 11.8 Å². The van der Waals surface area contributed by atoms with Gasteiger partial charge >= 0.3 is 5.97 Å². The number of carbonyl (C=O) groups excluding carboxylic acids is 1.